The Hall–Kier alpha value is -1.35. The van der Waals surface area contributed by atoms with Crippen LogP contribution in [0.1, 0.15) is 71.1 Å². The van der Waals surface area contributed by atoms with Crippen LogP contribution in [-0.4, -0.2) is 18.7 Å². The summed E-state index contributed by atoms with van der Waals surface area (Å²) in [5.74, 6) is 1.47. The fraction of sp³-hybridized carbons (Fsp3) is 0.682. The van der Waals surface area contributed by atoms with Crippen LogP contribution in [0.5, 0.6) is 0 Å². The van der Waals surface area contributed by atoms with Gasteiger partial charge in [0.25, 0.3) is 0 Å². The molecule has 0 aliphatic heterocycles. The minimum Gasteiger partial charge on any atom is -0.427 e. The van der Waals surface area contributed by atoms with Crippen molar-refractivity contribution in [2.45, 2.75) is 77.2 Å². The molecule has 0 heterocycles. The largest absolute Gasteiger partial charge is 0.427 e. The lowest BCUT2D eigenvalue weighted by Gasteiger charge is -2.25. The highest BCUT2D eigenvalue weighted by Crippen LogP contribution is 2.30. The number of esters is 1. The average Bonchev–Trinajstić information content (AvgIpc) is 2.63. The first-order valence-corrected chi connectivity index (χ1v) is 10.0. The summed E-state index contributed by atoms with van der Waals surface area (Å²) < 4.78 is 11.4. The average molecular weight is 347 g/mol. The smallest absolute Gasteiger partial charge is 0.314 e. The van der Waals surface area contributed by atoms with Crippen LogP contribution in [-0.2, 0) is 14.3 Å². The van der Waals surface area contributed by atoms with E-state index < -0.39 is 0 Å². The summed E-state index contributed by atoms with van der Waals surface area (Å²) >= 11 is 0. The van der Waals surface area contributed by atoms with Crippen molar-refractivity contribution < 1.29 is 14.3 Å². The second kappa shape index (κ2) is 11.3. The van der Waals surface area contributed by atoms with Crippen molar-refractivity contribution >= 4 is 5.97 Å². The van der Waals surface area contributed by atoms with E-state index in [0.717, 1.165) is 57.5 Å². The molecule has 1 saturated carbocycles. The maximum atomic E-state index is 12.2. The number of allylic oxidation sites excluding steroid dienone is 2. The first-order valence-electron chi connectivity index (χ1n) is 10.0. The van der Waals surface area contributed by atoms with Crippen LogP contribution in [0.3, 0.4) is 0 Å². The van der Waals surface area contributed by atoms with E-state index in [2.05, 4.69) is 13.5 Å². The van der Waals surface area contributed by atoms with Crippen LogP contribution in [0.4, 0.5) is 0 Å². The van der Waals surface area contributed by atoms with E-state index in [9.17, 15) is 4.79 Å². The van der Waals surface area contributed by atoms with Crippen molar-refractivity contribution in [2.24, 2.45) is 11.8 Å². The van der Waals surface area contributed by atoms with Crippen molar-refractivity contribution in [1.29, 1.82) is 0 Å². The molecule has 2 aliphatic carbocycles. The fourth-order valence-electron chi connectivity index (χ4n) is 3.45. The molecule has 0 aromatic carbocycles. The maximum absolute atomic E-state index is 12.2. The van der Waals surface area contributed by atoms with Crippen molar-refractivity contribution in [3.05, 3.63) is 36.6 Å². The highest BCUT2D eigenvalue weighted by atomic mass is 16.5. The first kappa shape index (κ1) is 20.0. The molecule has 0 aromatic heterocycles. The lowest BCUT2D eigenvalue weighted by atomic mass is 9.83. The summed E-state index contributed by atoms with van der Waals surface area (Å²) in [6.45, 7) is 6.80. The van der Waals surface area contributed by atoms with Gasteiger partial charge in [0, 0.05) is 6.61 Å². The molecule has 0 N–H and O–H groups in total. The van der Waals surface area contributed by atoms with E-state index in [1.807, 2.05) is 24.3 Å². The second-order valence-electron chi connectivity index (χ2n) is 7.48. The van der Waals surface area contributed by atoms with Gasteiger partial charge in [-0.05, 0) is 69.4 Å². The van der Waals surface area contributed by atoms with Gasteiger partial charge in [0.1, 0.15) is 5.76 Å². The maximum Gasteiger partial charge on any atom is 0.314 e. The molecule has 140 valence electrons. The Labute approximate surface area is 153 Å². The Kier molecular flexibility index (Phi) is 9.03. The van der Waals surface area contributed by atoms with E-state index in [-0.39, 0.29) is 18.0 Å². The number of hydrogen-bond acceptors (Lipinski definition) is 3. The van der Waals surface area contributed by atoms with Gasteiger partial charge in [0.15, 0.2) is 0 Å². The van der Waals surface area contributed by atoms with Gasteiger partial charge in [-0.1, -0.05) is 31.9 Å². The van der Waals surface area contributed by atoms with Crippen LogP contribution in [0.15, 0.2) is 36.6 Å². The predicted octanol–water partition coefficient (Wildman–Crippen LogP) is 5.72. The van der Waals surface area contributed by atoms with Gasteiger partial charge in [-0.2, -0.15) is 0 Å². The molecule has 2 aliphatic rings. The van der Waals surface area contributed by atoms with Crippen LogP contribution in [0.2, 0.25) is 0 Å². The van der Waals surface area contributed by atoms with E-state index >= 15 is 0 Å². The Balaban J connectivity index is 1.58. The van der Waals surface area contributed by atoms with E-state index in [0.29, 0.717) is 5.76 Å². The molecule has 2 rings (SSSR count). The van der Waals surface area contributed by atoms with E-state index in [1.54, 1.807) is 0 Å². The highest BCUT2D eigenvalue weighted by molar-refractivity contribution is 5.74. The van der Waals surface area contributed by atoms with Gasteiger partial charge in [0.05, 0.1) is 12.0 Å². The Bertz CT molecular complexity index is 470. The standard InChI is InChI=1S/C22H34O3/c1-3-4-5-6-7-8-17-24-20-13-15-21(16-14-20)25-22(23)19-11-9-18(2)10-12-19/h3,13,15-16,18-20H,1,4-12,14,17H2,2H3. The third-order valence-electron chi connectivity index (χ3n) is 5.23. The van der Waals surface area contributed by atoms with Crippen molar-refractivity contribution in [3.63, 3.8) is 0 Å². The SMILES string of the molecule is C=CCCCCCCOC1C=CC(OC(=O)C2CCC(C)CC2)=CC1. The predicted molar refractivity (Wildman–Crippen MR) is 102 cm³/mol. The zero-order valence-electron chi connectivity index (χ0n) is 15.8. The zero-order valence-corrected chi connectivity index (χ0v) is 15.8. The number of unbranched alkanes of at least 4 members (excludes halogenated alkanes) is 4. The molecule has 3 nitrogen and oxygen atoms in total. The van der Waals surface area contributed by atoms with Crippen LogP contribution >= 0.6 is 0 Å². The van der Waals surface area contributed by atoms with E-state index in [1.165, 1.54) is 19.3 Å². The summed E-state index contributed by atoms with van der Waals surface area (Å²) in [7, 11) is 0. The summed E-state index contributed by atoms with van der Waals surface area (Å²) in [6.07, 6.45) is 18.9. The molecule has 3 heteroatoms. The third kappa shape index (κ3) is 7.60. The van der Waals surface area contributed by atoms with Gasteiger partial charge in [0.2, 0.25) is 0 Å². The Morgan fingerprint density at radius 1 is 1.20 bits per heavy atom. The lowest BCUT2D eigenvalue weighted by molar-refractivity contribution is -0.145. The van der Waals surface area contributed by atoms with Crippen LogP contribution in [0, 0.1) is 11.8 Å². The van der Waals surface area contributed by atoms with Crippen LogP contribution < -0.4 is 0 Å². The lowest BCUT2D eigenvalue weighted by Crippen LogP contribution is -2.23. The molecule has 1 fully saturated rings. The molecule has 0 amide bonds. The number of hydrogen-bond donors (Lipinski definition) is 0. The zero-order chi connectivity index (χ0) is 17.9. The van der Waals surface area contributed by atoms with Gasteiger partial charge in [-0.25, -0.2) is 0 Å². The quantitative estimate of drug-likeness (QED) is 0.288. The summed E-state index contributed by atoms with van der Waals surface area (Å²) in [6, 6.07) is 0. The van der Waals surface area contributed by atoms with Gasteiger partial charge in [-0.15, -0.1) is 6.58 Å². The number of carbonyl (C=O) groups excluding carboxylic acids is 1. The minimum absolute atomic E-state index is 0.0540. The van der Waals surface area contributed by atoms with Crippen LogP contribution in [0.25, 0.3) is 0 Å². The fourth-order valence-corrected chi connectivity index (χ4v) is 3.45. The monoisotopic (exact) mass is 346 g/mol. The normalized spacial score (nSPS) is 26.1. The topological polar surface area (TPSA) is 35.5 Å². The second-order valence-corrected chi connectivity index (χ2v) is 7.48. The summed E-state index contributed by atoms with van der Waals surface area (Å²) in [4.78, 5) is 12.2. The van der Waals surface area contributed by atoms with Crippen molar-refractivity contribution in [2.75, 3.05) is 6.61 Å². The molecule has 0 radical (unpaired) electrons. The third-order valence-corrected chi connectivity index (χ3v) is 5.23. The minimum atomic E-state index is -0.0540. The summed E-state index contributed by atoms with van der Waals surface area (Å²) in [5.41, 5.74) is 0. The molecule has 25 heavy (non-hydrogen) atoms. The highest BCUT2D eigenvalue weighted by Gasteiger charge is 2.26. The number of carbonyl (C=O) groups is 1. The van der Waals surface area contributed by atoms with Gasteiger partial charge < -0.3 is 9.47 Å². The Morgan fingerprint density at radius 3 is 2.64 bits per heavy atom. The number of ether oxygens (including phenoxy) is 2. The van der Waals surface area contributed by atoms with Gasteiger partial charge >= 0.3 is 5.97 Å². The van der Waals surface area contributed by atoms with Crippen molar-refractivity contribution in [3.8, 4) is 0 Å². The van der Waals surface area contributed by atoms with E-state index in [4.69, 9.17) is 9.47 Å². The molecule has 0 bridgehead atoms. The number of rotatable bonds is 10. The molecular formula is C22H34O3. The first-order chi connectivity index (χ1) is 12.2. The van der Waals surface area contributed by atoms with Crippen molar-refractivity contribution in [1.82, 2.24) is 0 Å². The molecule has 0 saturated heterocycles. The Morgan fingerprint density at radius 2 is 1.96 bits per heavy atom. The molecule has 1 atom stereocenters. The summed E-state index contributed by atoms with van der Waals surface area (Å²) in [5, 5.41) is 0. The molecule has 0 aromatic rings. The molecule has 0 spiro atoms. The molecular weight excluding hydrogens is 312 g/mol. The molecule has 1 unspecified atom stereocenters. The van der Waals surface area contributed by atoms with Gasteiger partial charge in [-0.3, -0.25) is 4.79 Å².